The zero-order valence-corrected chi connectivity index (χ0v) is 20.7. The first-order chi connectivity index (χ1) is 13.8. The maximum Gasteiger partial charge on any atom is 0.180 e. The molecule has 0 saturated carbocycles. The van der Waals surface area contributed by atoms with Gasteiger partial charge >= 0.3 is 0 Å². The largest absolute Gasteiger partial charge is 0.180 e. The van der Waals surface area contributed by atoms with Crippen LogP contribution in [0.3, 0.4) is 0 Å². The molecule has 1 aromatic carbocycles. The Morgan fingerprint density at radius 1 is 1.07 bits per heavy atom. The van der Waals surface area contributed by atoms with E-state index in [1.807, 2.05) is 0 Å². The third-order valence-corrected chi connectivity index (χ3v) is 10.4. The Labute approximate surface area is 182 Å². The predicted octanol–water partition coefficient (Wildman–Crippen LogP) is 8.70. The van der Waals surface area contributed by atoms with Crippen molar-refractivity contribution in [1.82, 2.24) is 0 Å². The zero-order valence-electron chi connectivity index (χ0n) is 19.7. The molecule has 0 N–H and O–H groups in total. The quantitative estimate of drug-likeness (QED) is 0.314. The van der Waals surface area contributed by atoms with Gasteiger partial charge in [0.15, 0.2) is 6.71 Å². The third kappa shape index (κ3) is 5.37. The summed E-state index contributed by atoms with van der Waals surface area (Å²) in [6.07, 6.45) is 13.2. The van der Waals surface area contributed by atoms with Crippen molar-refractivity contribution in [3.8, 4) is 0 Å². The molecule has 2 aliphatic heterocycles. The van der Waals surface area contributed by atoms with Crippen molar-refractivity contribution in [3.05, 3.63) is 54.1 Å². The Bertz CT molecular complexity index is 687. The molecule has 2 bridgehead atoms. The van der Waals surface area contributed by atoms with Crippen LogP contribution in [0.15, 0.2) is 48.6 Å². The van der Waals surface area contributed by atoms with E-state index in [9.17, 15) is 0 Å². The lowest BCUT2D eigenvalue weighted by atomic mass is 9.31. The van der Waals surface area contributed by atoms with Gasteiger partial charge in [-0.05, 0) is 30.2 Å². The molecule has 158 valence electrons. The Morgan fingerprint density at radius 2 is 1.69 bits per heavy atom. The predicted molar refractivity (Wildman–Crippen MR) is 135 cm³/mol. The van der Waals surface area contributed by atoms with Crippen molar-refractivity contribution >= 4 is 20.3 Å². The summed E-state index contributed by atoms with van der Waals surface area (Å²) >= 11 is 0. The van der Waals surface area contributed by atoms with Crippen molar-refractivity contribution in [1.29, 1.82) is 0 Å². The van der Waals surface area contributed by atoms with E-state index in [-0.39, 0.29) is 0 Å². The van der Waals surface area contributed by atoms with Crippen LogP contribution in [0.5, 0.6) is 0 Å². The topological polar surface area (TPSA) is 0 Å². The molecule has 2 heterocycles. The van der Waals surface area contributed by atoms with E-state index in [1.165, 1.54) is 50.5 Å². The van der Waals surface area contributed by atoms with Gasteiger partial charge in [0.1, 0.15) is 0 Å². The maximum absolute atomic E-state index is 4.16. The van der Waals surface area contributed by atoms with Gasteiger partial charge in [0.05, 0.1) is 0 Å². The number of fused-ring (bicyclic) bond motifs is 3. The minimum atomic E-state index is -1.30. The Morgan fingerprint density at radius 3 is 2.21 bits per heavy atom. The van der Waals surface area contributed by atoms with Crippen LogP contribution in [0, 0.1) is 11.8 Å². The SMILES string of the molecule is C=CC/C(CC(C)C)=C(/B1C2CCCC(CCC2)C1[Si](C)(C)C)c1ccccc1. The highest BCUT2D eigenvalue weighted by molar-refractivity contribution is 6.97. The van der Waals surface area contributed by atoms with Gasteiger partial charge in [0.25, 0.3) is 0 Å². The molecular formula is C27H43BSi. The normalized spacial score (nSPS) is 26.1. The van der Waals surface area contributed by atoms with Gasteiger partial charge in [-0.2, -0.15) is 0 Å². The second kappa shape index (κ2) is 9.86. The fourth-order valence-corrected chi connectivity index (χ4v) is 10.0. The fraction of sp³-hybridized carbons (Fsp3) is 0.630. The molecule has 2 saturated heterocycles. The van der Waals surface area contributed by atoms with E-state index in [0.29, 0.717) is 5.92 Å². The van der Waals surface area contributed by atoms with Gasteiger partial charge < -0.3 is 0 Å². The third-order valence-electron chi connectivity index (χ3n) is 7.55. The highest BCUT2D eigenvalue weighted by Gasteiger charge is 2.49. The summed E-state index contributed by atoms with van der Waals surface area (Å²) in [6.45, 7) is 17.6. The van der Waals surface area contributed by atoms with Crippen LogP contribution in [0.2, 0.25) is 30.9 Å². The van der Waals surface area contributed by atoms with E-state index in [2.05, 4.69) is 76.5 Å². The standard InChI is InChI=1S/C27H43BSi/c1-7-13-24(20-21(2)3)26(22-14-9-8-10-15-22)28-25-18-11-16-23(17-12-19-25)27(28)29(4,5)6/h7-10,14-15,21,23,25,27H,1,11-13,16-20H2,2-6H3/b26-24-. The van der Waals surface area contributed by atoms with Gasteiger partial charge in [-0.15, -0.1) is 6.58 Å². The average molecular weight is 407 g/mol. The highest BCUT2D eigenvalue weighted by atomic mass is 28.3. The van der Waals surface area contributed by atoms with Crippen LogP contribution in [-0.2, 0) is 0 Å². The van der Waals surface area contributed by atoms with E-state index in [4.69, 9.17) is 0 Å². The van der Waals surface area contributed by atoms with E-state index in [0.717, 1.165) is 30.3 Å². The highest BCUT2D eigenvalue weighted by Crippen LogP contribution is 2.54. The molecule has 2 heteroatoms. The summed E-state index contributed by atoms with van der Waals surface area (Å²) in [5.41, 5.74) is 5.85. The smallest absolute Gasteiger partial charge is 0.103 e. The van der Waals surface area contributed by atoms with Gasteiger partial charge in [0.2, 0.25) is 0 Å². The molecule has 29 heavy (non-hydrogen) atoms. The maximum atomic E-state index is 4.16. The second-order valence-electron chi connectivity index (χ2n) is 11.3. The number of benzene rings is 1. The molecule has 0 spiro atoms. The molecular weight excluding hydrogens is 363 g/mol. The van der Waals surface area contributed by atoms with Crippen LogP contribution in [0.1, 0.15) is 70.8 Å². The average Bonchev–Trinajstić information content (AvgIpc) is 2.91. The lowest BCUT2D eigenvalue weighted by Gasteiger charge is -2.41. The summed E-state index contributed by atoms with van der Waals surface area (Å²) in [4.78, 5) is 0. The van der Waals surface area contributed by atoms with E-state index in [1.54, 1.807) is 11.0 Å². The van der Waals surface area contributed by atoms with Gasteiger partial charge in [-0.3, -0.25) is 0 Å². The van der Waals surface area contributed by atoms with Crippen molar-refractivity contribution in [2.45, 2.75) is 96.1 Å². The lowest BCUT2D eigenvalue weighted by molar-refractivity contribution is 0.411. The molecule has 1 atom stereocenters. The number of hydrogen-bond acceptors (Lipinski definition) is 0. The number of rotatable bonds is 7. The molecule has 3 rings (SSSR count). The molecule has 0 amide bonds. The lowest BCUT2D eigenvalue weighted by Crippen LogP contribution is -2.44. The van der Waals surface area contributed by atoms with Gasteiger partial charge in [-0.25, -0.2) is 0 Å². The summed E-state index contributed by atoms with van der Waals surface area (Å²) in [5, 5.41) is 0. The summed E-state index contributed by atoms with van der Waals surface area (Å²) in [7, 11) is -1.30. The molecule has 2 aliphatic rings. The van der Waals surface area contributed by atoms with E-state index >= 15 is 0 Å². The van der Waals surface area contributed by atoms with Crippen molar-refractivity contribution in [2.75, 3.05) is 0 Å². The molecule has 0 nitrogen and oxygen atoms in total. The molecule has 0 aromatic heterocycles. The van der Waals surface area contributed by atoms with Crippen LogP contribution >= 0.6 is 0 Å². The van der Waals surface area contributed by atoms with Crippen molar-refractivity contribution < 1.29 is 0 Å². The Hall–Kier alpha value is -1.02. The Balaban J connectivity index is 2.24. The van der Waals surface area contributed by atoms with Crippen LogP contribution in [0.25, 0.3) is 5.47 Å². The number of hydrogen-bond donors (Lipinski definition) is 0. The van der Waals surface area contributed by atoms with Gasteiger partial charge in [0, 0.05) is 8.07 Å². The minimum Gasteiger partial charge on any atom is -0.103 e. The van der Waals surface area contributed by atoms with Crippen LogP contribution in [-0.4, -0.2) is 14.8 Å². The van der Waals surface area contributed by atoms with Gasteiger partial charge in [-0.1, -0.05) is 131 Å². The summed E-state index contributed by atoms with van der Waals surface area (Å²) in [6, 6.07) is 11.5. The summed E-state index contributed by atoms with van der Waals surface area (Å²) < 4.78 is 0. The molecule has 0 radical (unpaired) electrons. The monoisotopic (exact) mass is 406 g/mol. The first-order valence-corrected chi connectivity index (χ1v) is 15.8. The molecule has 2 fully saturated rings. The van der Waals surface area contributed by atoms with Crippen molar-refractivity contribution in [3.63, 3.8) is 0 Å². The zero-order chi connectivity index (χ0) is 21.0. The first kappa shape index (κ1) is 22.7. The fourth-order valence-electron chi connectivity index (χ4n) is 6.76. The van der Waals surface area contributed by atoms with Crippen LogP contribution < -0.4 is 0 Å². The van der Waals surface area contributed by atoms with E-state index < -0.39 is 8.07 Å². The second-order valence-corrected chi connectivity index (χ2v) is 16.7. The minimum absolute atomic E-state index is 0.694. The molecule has 1 aromatic rings. The first-order valence-electron chi connectivity index (χ1n) is 12.2. The molecule has 0 aliphatic carbocycles. The Kier molecular flexibility index (Phi) is 7.70. The molecule has 1 unspecified atom stereocenters. The van der Waals surface area contributed by atoms with Crippen LogP contribution in [0.4, 0.5) is 0 Å². The number of allylic oxidation sites excluding steroid dienone is 2. The van der Waals surface area contributed by atoms with Crippen molar-refractivity contribution in [2.24, 2.45) is 11.8 Å². The summed E-state index contributed by atoms with van der Waals surface area (Å²) in [5.74, 6) is 2.52.